The quantitative estimate of drug-likeness (QED) is 0.671. The van der Waals surface area contributed by atoms with Crippen LogP contribution in [-0.4, -0.2) is 27.8 Å². The summed E-state index contributed by atoms with van der Waals surface area (Å²) < 4.78 is 21.1. The number of nitrogens with zero attached hydrogens (tertiary/aromatic N) is 2. The fraction of sp³-hybridized carbons (Fsp3) is 0.318. The Morgan fingerprint density at radius 3 is 2.60 bits per heavy atom. The van der Waals surface area contributed by atoms with Crippen molar-refractivity contribution in [3.8, 4) is 0 Å². The van der Waals surface area contributed by atoms with E-state index in [2.05, 4.69) is 5.32 Å². The van der Waals surface area contributed by atoms with Crippen LogP contribution >= 0.6 is 0 Å². The number of nitrogens with one attached hydrogen (secondary N) is 1. The van der Waals surface area contributed by atoms with Gasteiger partial charge in [-0.1, -0.05) is 24.3 Å². The standard InChI is InChI=1S/C22H22FN3O4/c23-16-9-7-15(8-10-16)12-24-20(27)14-25-19-6-2-1-5-18(19)21(28)26(22(25)29)13-17-4-3-11-30-17/h1-2,5-10,17H,3-4,11-14H2,(H,24,27). The van der Waals surface area contributed by atoms with Crippen molar-refractivity contribution in [1.29, 1.82) is 0 Å². The molecule has 1 unspecified atom stereocenters. The average Bonchev–Trinajstić information content (AvgIpc) is 3.27. The van der Waals surface area contributed by atoms with E-state index in [1.54, 1.807) is 36.4 Å². The van der Waals surface area contributed by atoms with Crippen LogP contribution in [0, 0.1) is 5.82 Å². The van der Waals surface area contributed by atoms with Crippen LogP contribution in [-0.2, 0) is 29.2 Å². The molecule has 1 N–H and O–H groups in total. The topological polar surface area (TPSA) is 82.3 Å². The molecule has 4 rings (SSSR count). The normalized spacial score (nSPS) is 16.1. The van der Waals surface area contributed by atoms with Gasteiger partial charge >= 0.3 is 5.69 Å². The molecule has 1 aliphatic rings. The number of aromatic nitrogens is 2. The summed E-state index contributed by atoms with van der Waals surface area (Å²) in [5.74, 6) is -0.731. The summed E-state index contributed by atoms with van der Waals surface area (Å²) in [4.78, 5) is 38.5. The third-order valence-corrected chi connectivity index (χ3v) is 5.25. The minimum atomic E-state index is -0.536. The molecule has 0 bridgehead atoms. The summed E-state index contributed by atoms with van der Waals surface area (Å²) in [6, 6.07) is 12.6. The van der Waals surface area contributed by atoms with Gasteiger partial charge in [-0.05, 0) is 42.7 Å². The molecule has 0 saturated carbocycles. The molecule has 156 valence electrons. The number of fused-ring (bicyclic) bond motifs is 1. The predicted molar refractivity (Wildman–Crippen MR) is 110 cm³/mol. The van der Waals surface area contributed by atoms with Crippen LogP contribution in [0.1, 0.15) is 18.4 Å². The maximum absolute atomic E-state index is 13.1. The number of carbonyl (C=O) groups excluding carboxylic acids is 1. The van der Waals surface area contributed by atoms with Crippen molar-refractivity contribution >= 4 is 16.8 Å². The zero-order valence-corrected chi connectivity index (χ0v) is 16.3. The van der Waals surface area contributed by atoms with Crippen LogP contribution < -0.4 is 16.6 Å². The largest absolute Gasteiger partial charge is 0.376 e. The number of hydrogen-bond donors (Lipinski definition) is 1. The van der Waals surface area contributed by atoms with Crippen molar-refractivity contribution < 1.29 is 13.9 Å². The average molecular weight is 411 g/mol. The lowest BCUT2D eigenvalue weighted by molar-refractivity contribution is -0.121. The summed E-state index contributed by atoms with van der Waals surface area (Å²) in [5.41, 5.74) is 0.235. The second-order valence-electron chi connectivity index (χ2n) is 7.34. The molecule has 1 saturated heterocycles. The van der Waals surface area contributed by atoms with Crippen molar-refractivity contribution in [1.82, 2.24) is 14.5 Å². The van der Waals surface area contributed by atoms with Crippen LogP contribution in [0.25, 0.3) is 10.9 Å². The van der Waals surface area contributed by atoms with Crippen LogP contribution in [0.4, 0.5) is 4.39 Å². The predicted octanol–water partition coefficient (Wildman–Crippen LogP) is 1.80. The molecule has 1 atom stereocenters. The molecule has 1 fully saturated rings. The maximum Gasteiger partial charge on any atom is 0.332 e. The minimum Gasteiger partial charge on any atom is -0.376 e. The lowest BCUT2D eigenvalue weighted by atomic mass is 10.2. The highest BCUT2D eigenvalue weighted by Crippen LogP contribution is 2.14. The van der Waals surface area contributed by atoms with E-state index in [4.69, 9.17) is 4.74 Å². The van der Waals surface area contributed by atoms with E-state index in [-0.39, 0.29) is 43.0 Å². The SMILES string of the molecule is O=C(Cn1c(=O)n(CC2CCCO2)c(=O)c2ccccc21)NCc1ccc(F)cc1. The Morgan fingerprint density at radius 2 is 1.87 bits per heavy atom. The zero-order valence-electron chi connectivity index (χ0n) is 16.3. The lowest BCUT2D eigenvalue weighted by Gasteiger charge is -2.16. The number of hydrogen-bond acceptors (Lipinski definition) is 4. The molecule has 0 aliphatic carbocycles. The second kappa shape index (κ2) is 8.62. The van der Waals surface area contributed by atoms with Crippen molar-refractivity contribution in [3.63, 3.8) is 0 Å². The van der Waals surface area contributed by atoms with E-state index < -0.39 is 5.69 Å². The fourth-order valence-electron chi connectivity index (χ4n) is 3.68. The molecule has 1 aromatic heterocycles. The Morgan fingerprint density at radius 1 is 1.10 bits per heavy atom. The first-order valence-electron chi connectivity index (χ1n) is 9.88. The molecular weight excluding hydrogens is 389 g/mol. The van der Waals surface area contributed by atoms with E-state index in [9.17, 15) is 18.8 Å². The number of rotatable bonds is 6. The van der Waals surface area contributed by atoms with Crippen LogP contribution in [0.5, 0.6) is 0 Å². The summed E-state index contributed by atoms with van der Waals surface area (Å²) in [6.45, 7) is 0.764. The number of benzene rings is 2. The second-order valence-corrected chi connectivity index (χ2v) is 7.34. The molecule has 1 amide bonds. The number of halogens is 1. The first kappa shape index (κ1) is 20.0. The van der Waals surface area contributed by atoms with E-state index >= 15 is 0 Å². The maximum atomic E-state index is 13.1. The summed E-state index contributed by atoms with van der Waals surface area (Å²) in [6.07, 6.45) is 1.50. The first-order chi connectivity index (χ1) is 14.5. The van der Waals surface area contributed by atoms with Crippen LogP contribution in [0.2, 0.25) is 0 Å². The number of amides is 1. The molecule has 30 heavy (non-hydrogen) atoms. The van der Waals surface area contributed by atoms with Gasteiger partial charge in [-0.2, -0.15) is 0 Å². The van der Waals surface area contributed by atoms with Gasteiger partial charge in [0.15, 0.2) is 0 Å². The van der Waals surface area contributed by atoms with Gasteiger partial charge < -0.3 is 10.1 Å². The molecule has 3 aromatic rings. The summed E-state index contributed by atoms with van der Waals surface area (Å²) in [7, 11) is 0. The van der Waals surface area contributed by atoms with E-state index in [0.717, 1.165) is 23.0 Å². The number of carbonyl (C=O) groups is 1. The van der Waals surface area contributed by atoms with Gasteiger partial charge in [-0.3, -0.25) is 18.7 Å². The van der Waals surface area contributed by atoms with Gasteiger partial charge in [0.1, 0.15) is 12.4 Å². The smallest absolute Gasteiger partial charge is 0.332 e. The summed E-state index contributed by atoms with van der Waals surface area (Å²) >= 11 is 0. The van der Waals surface area contributed by atoms with E-state index in [1.165, 1.54) is 16.7 Å². The molecule has 7 nitrogen and oxygen atoms in total. The van der Waals surface area contributed by atoms with Crippen molar-refractivity contribution in [2.45, 2.75) is 38.6 Å². The van der Waals surface area contributed by atoms with Crippen LogP contribution in [0.3, 0.4) is 0 Å². The highest BCUT2D eigenvalue weighted by Gasteiger charge is 2.21. The monoisotopic (exact) mass is 411 g/mol. The van der Waals surface area contributed by atoms with Gasteiger partial charge in [0.25, 0.3) is 5.56 Å². The highest BCUT2D eigenvalue weighted by atomic mass is 19.1. The third kappa shape index (κ3) is 4.18. The molecular formula is C22H22FN3O4. The zero-order chi connectivity index (χ0) is 21.1. The Kier molecular flexibility index (Phi) is 5.76. The molecule has 0 radical (unpaired) electrons. The Balaban J connectivity index is 1.61. The summed E-state index contributed by atoms with van der Waals surface area (Å²) in [5, 5.41) is 3.11. The van der Waals surface area contributed by atoms with Gasteiger partial charge in [0, 0.05) is 13.2 Å². The number of para-hydroxylation sites is 1. The van der Waals surface area contributed by atoms with Crippen molar-refractivity contribution in [3.05, 3.63) is 80.7 Å². The Labute approximate surface area is 171 Å². The van der Waals surface area contributed by atoms with Gasteiger partial charge in [0.2, 0.25) is 5.91 Å². The van der Waals surface area contributed by atoms with Gasteiger partial charge in [-0.15, -0.1) is 0 Å². The van der Waals surface area contributed by atoms with Crippen molar-refractivity contribution in [2.75, 3.05) is 6.61 Å². The Bertz CT molecular complexity index is 1180. The molecule has 2 heterocycles. The number of ether oxygens (including phenoxy) is 1. The minimum absolute atomic E-state index is 0.166. The van der Waals surface area contributed by atoms with Gasteiger partial charge in [-0.25, -0.2) is 9.18 Å². The highest BCUT2D eigenvalue weighted by molar-refractivity contribution is 5.81. The molecule has 2 aromatic carbocycles. The Hall–Kier alpha value is -3.26. The van der Waals surface area contributed by atoms with Crippen LogP contribution in [0.15, 0.2) is 58.1 Å². The van der Waals surface area contributed by atoms with Gasteiger partial charge in [0.05, 0.1) is 23.6 Å². The van der Waals surface area contributed by atoms with E-state index in [1.807, 2.05) is 0 Å². The lowest BCUT2D eigenvalue weighted by Crippen LogP contribution is -2.44. The molecule has 8 heteroatoms. The van der Waals surface area contributed by atoms with E-state index in [0.29, 0.717) is 17.5 Å². The fourth-order valence-corrected chi connectivity index (χ4v) is 3.68. The van der Waals surface area contributed by atoms with Crippen molar-refractivity contribution in [2.24, 2.45) is 0 Å². The third-order valence-electron chi connectivity index (χ3n) is 5.25. The molecule has 1 aliphatic heterocycles. The molecule has 0 spiro atoms. The first-order valence-corrected chi connectivity index (χ1v) is 9.88.